The minimum atomic E-state index is -0.570. The average molecular weight is 220 g/mol. The Bertz CT molecular complexity index is 542. The van der Waals surface area contributed by atoms with Crippen molar-refractivity contribution in [3.8, 4) is 5.75 Å². The van der Waals surface area contributed by atoms with Gasteiger partial charge in [0.25, 0.3) is 5.91 Å². The summed E-state index contributed by atoms with van der Waals surface area (Å²) in [5.74, 6) is -0.530. The Kier molecular flexibility index (Phi) is 2.68. The van der Waals surface area contributed by atoms with Crippen LogP contribution in [0.2, 0.25) is 0 Å². The Balaban J connectivity index is 2.31. The molecule has 1 amide bonds. The van der Waals surface area contributed by atoms with Gasteiger partial charge in [-0.15, -0.1) is 0 Å². The number of nitrogens with two attached hydrogens (primary N) is 1. The van der Waals surface area contributed by atoms with Gasteiger partial charge in [-0.2, -0.15) is 0 Å². The smallest absolute Gasteiger partial charge is 0.255 e. The maximum Gasteiger partial charge on any atom is 0.255 e. The van der Waals surface area contributed by atoms with E-state index < -0.39 is 5.91 Å². The number of hydrogen-bond donors (Lipinski definition) is 1. The standard InChI is InChI=1S/C11H9FN2O2/c12-8-1-2-10-7(3-8)4-9(5-14-10)16-6-11(13)15/h1-5H,6H2,(H2,13,15). The van der Waals surface area contributed by atoms with E-state index in [4.69, 9.17) is 10.5 Å². The summed E-state index contributed by atoms with van der Waals surface area (Å²) >= 11 is 0. The zero-order chi connectivity index (χ0) is 11.5. The molecule has 1 aromatic heterocycles. The van der Waals surface area contributed by atoms with Gasteiger partial charge in [-0.25, -0.2) is 4.39 Å². The number of halogens is 1. The minimum absolute atomic E-state index is 0.220. The molecule has 16 heavy (non-hydrogen) atoms. The number of aromatic nitrogens is 1. The number of hydrogen-bond acceptors (Lipinski definition) is 3. The van der Waals surface area contributed by atoms with Crippen LogP contribution in [0.3, 0.4) is 0 Å². The summed E-state index contributed by atoms with van der Waals surface area (Å²) in [5.41, 5.74) is 5.59. The number of nitrogens with zero attached hydrogens (tertiary/aromatic N) is 1. The Hall–Kier alpha value is -2.17. The second-order valence-corrected chi connectivity index (χ2v) is 3.26. The molecule has 0 saturated carbocycles. The number of pyridine rings is 1. The Morgan fingerprint density at radius 3 is 3.00 bits per heavy atom. The molecule has 2 rings (SSSR count). The third kappa shape index (κ3) is 2.25. The largest absolute Gasteiger partial charge is 0.482 e. The van der Waals surface area contributed by atoms with E-state index in [2.05, 4.69) is 4.98 Å². The predicted octanol–water partition coefficient (Wildman–Crippen LogP) is 1.24. The first-order chi connectivity index (χ1) is 7.65. The number of rotatable bonds is 3. The predicted molar refractivity (Wildman–Crippen MR) is 56.4 cm³/mol. The second kappa shape index (κ2) is 4.14. The molecule has 5 heteroatoms. The molecular weight excluding hydrogens is 211 g/mol. The van der Waals surface area contributed by atoms with Gasteiger partial charge in [0, 0.05) is 5.39 Å². The van der Waals surface area contributed by atoms with Gasteiger partial charge in [-0.1, -0.05) is 0 Å². The van der Waals surface area contributed by atoms with Crippen molar-refractivity contribution >= 4 is 16.8 Å². The first kappa shape index (κ1) is 10.4. The fraction of sp³-hybridized carbons (Fsp3) is 0.0909. The lowest BCUT2D eigenvalue weighted by molar-refractivity contribution is -0.119. The van der Waals surface area contributed by atoms with Gasteiger partial charge in [0.1, 0.15) is 11.6 Å². The van der Waals surface area contributed by atoms with Gasteiger partial charge >= 0.3 is 0 Å². The number of benzene rings is 1. The molecule has 0 radical (unpaired) electrons. The van der Waals surface area contributed by atoms with Gasteiger partial charge in [-0.05, 0) is 24.3 Å². The molecule has 0 saturated heterocycles. The Morgan fingerprint density at radius 2 is 2.25 bits per heavy atom. The van der Waals surface area contributed by atoms with E-state index in [-0.39, 0.29) is 12.4 Å². The van der Waals surface area contributed by atoms with Crippen LogP contribution in [0, 0.1) is 5.82 Å². The summed E-state index contributed by atoms with van der Waals surface area (Å²) in [6.07, 6.45) is 1.46. The summed E-state index contributed by atoms with van der Waals surface area (Å²) in [6.45, 7) is -0.220. The van der Waals surface area contributed by atoms with E-state index in [9.17, 15) is 9.18 Å². The quantitative estimate of drug-likeness (QED) is 0.846. The molecular formula is C11H9FN2O2. The third-order valence-electron chi connectivity index (χ3n) is 2.00. The zero-order valence-corrected chi connectivity index (χ0v) is 8.31. The molecule has 0 fully saturated rings. The lowest BCUT2D eigenvalue weighted by atomic mass is 10.2. The van der Waals surface area contributed by atoms with Gasteiger partial charge < -0.3 is 10.5 Å². The van der Waals surface area contributed by atoms with Crippen molar-refractivity contribution in [2.45, 2.75) is 0 Å². The maximum atomic E-state index is 12.9. The molecule has 0 atom stereocenters. The molecule has 1 heterocycles. The third-order valence-corrected chi connectivity index (χ3v) is 2.00. The number of primary amides is 1. The highest BCUT2D eigenvalue weighted by molar-refractivity contribution is 5.80. The van der Waals surface area contributed by atoms with Gasteiger partial charge in [0.2, 0.25) is 0 Å². The molecule has 4 nitrogen and oxygen atoms in total. The summed E-state index contributed by atoms with van der Waals surface area (Å²) < 4.78 is 18.0. The van der Waals surface area contributed by atoms with E-state index >= 15 is 0 Å². The molecule has 2 N–H and O–H groups in total. The van der Waals surface area contributed by atoms with Gasteiger partial charge in [0.05, 0.1) is 11.7 Å². The molecule has 0 unspecified atom stereocenters. The molecule has 82 valence electrons. The summed E-state index contributed by atoms with van der Waals surface area (Å²) in [6, 6.07) is 5.86. The first-order valence-electron chi connectivity index (χ1n) is 4.61. The highest BCUT2D eigenvalue weighted by Gasteiger charge is 2.01. The molecule has 0 spiro atoms. The normalized spacial score (nSPS) is 10.3. The number of amides is 1. The fourth-order valence-electron chi connectivity index (χ4n) is 1.32. The monoisotopic (exact) mass is 220 g/mol. The molecule has 0 aliphatic carbocycles. The van der Waals surface area contributed by atoms with Crippen molar-refractivity contribution in [1.29, 1.82) is 0 Å². The van der Waals surface area contributed by atoms with Crippen LogP contribution in [0.15, 0.2) is 30.5 Å². The SMILES string of the molecule is NC(=O)COc1cnc2ccc(F)cc2c1. The van der Waals surface area contributed by atoms with Crippen LogP contribution >= 0.6 is 0 Å². The van der Waals surface area contributed by atoms with Crippen molar-refractivity contribution in [3.63, 3.8) is 0 Å². The number of carbonyl (C=O) groups is 1. The summed E-state index contributed by atoms with van der Waals surface area (Å²) in [4.78, 5) is 14.6. The van der Waals surface area contributed by atoms with Crippen molar-refractivity contribution < 1.29 is 13.9 Å². The van der Waals surface area contributed by atoms with Crippen molar-refractivity contribution in [2.75, 3.05) is 6.61 Å². The van der Waals surface area contributed by atoms with Crippen molar-refractivity contribution in [1.82, 2.24) is 4.98 Å². The van der Waals surface area contributed by atoms with Crippen LogP contribution in [-0.4, -0.2) is 17.5 Å². The van der Waals surface area contributed by atoms with Crippen LogP contribution in [0.25, 0.3) is 10.9 Å². The fourth-order valence-corrected chi connectivity index (χ4v) is 1.32. The summed E-state index contributed by atoms with van der Waals surface area (Å²) in [7, 11) is 0. The van der Waals surface area contributed by atoms with E-state index in [1.165, 1.54) is 18.3 Å². The molecule has 0 aliphatic rings. The number of carbonyl (C=O) groups excluding carboxylic acids is 1. The van der Waals surface area contributed by atoms with E-state index in [1.54, 1.807) is 12.1 Å². The van der Waals surface area contributed by atoms with Crippen LogP contribution in [0.1, 0.15) is 0 Å². The Morgan fingerprint density at radius 1 is 1.44 bits per heavy atom. The van der Waals surface area contributed by atoms with Crippen LogP contribution in [0.5, 0.6) is 5.75 Å². The highest BCUT2D eigenvalue weighted by Crippen LogP contribution is 2.18. The van der Waals surface area contributed by atoms with Crippen LogP contribution < -0.4 is 10.5 Å². The summed E-state index contributed by atoms with van der Waals surface area (Å²) in [5, 5.41) is 0.613. The molecule has 1 aromatic carbocycles. The zero-order valence-electron chi connectivity index (χ0n) is 8.31. The average Bonchev–Trinajstić information content (AvgIpc) is 2.25. The molecule has 2 aromatic rings. The van der Waals surface area contributed by atoms with Crippen molar-refractivity contribution in [3.05, 3.63) is 36.3 Å². The van der Waals surface area contributed by atoms with Gasteiger partial charge in [0.15, 0.2) is 6.61 Å². The van der Waals surface area contributed by atoms with E-state index in [0.717, 1.165) is 0 Å². The highest BCUT2D eigenvalue weighted by atomic mass is 19.1. The van der Waals surface area contributed by atoms with Crippen LogP contribution in [0.4, 0.5) is 4.39 Å². The Labute approximate surface area is 90.8 Å². The van der Waals surface area contributed by atoms with E-state index in [1.807, 2.05) is 0 Å². The lowest BCUT2D eigenvalue weighted by Gasteiger charge is -2.04. The van der Waals surface area contributed by atoms with Crippen LogP contribution in [-0.2, 0) is 4.79 Å². The molecule has 0 bridgehead atoms. The maximum absolute atomic E-state index is 12.9. The molecule has 0 aliphatic heterocycles. The van der Waals surface area contributed by atoms with Gasteiger partial charge in [-0.3, -0.25) is 9.78 Å². The first-order valence-corrected chi connectivity index (χ1v) is 4.61. The second-order valence-electron chi connectivity index (χ2n) is 3.26. The lowest BCUT2D eigenvalue weighted by Crippen LogP contribution is -2.20. The number of ether oxygens (including phenoxy) is 1. The van der Waals surface area contributed by atoms with E-state index in [0.29, 0.717) is 16.7 Å². The van der Waals surface area contributed by atoms with Crippen molar-refractivity contribution in [2.24, 2.45) is 5.73 Å². The topological polar surface area (TPSA) is 65.2 Å². The minimum Gasteiger partial charge on any atom is -0.482 e. The number of fused-ring (bicyclic) bond motifs is 1.